The molecule has 0 unspecified atom stereocenters. The van der Waals surface area contributed by atoms with Gasteiger partial charge in [-0.1, -0.05) is 18.2 Å². The summed E-state index contributed by atoms with van der Waals surface area (Å²) in [5.74, 6) is 0. The largest absolute Gasteiger partial charge is 0.381 e. The molecule has 48 valence electrons. The first-order chi connectivity index (χ1) is 4.33. The number of hydrogen-bond acceptors (Lipinski definition) is 1. The molecule has 0 fully saturated rings. The van der Waals surface area contributed by atoms with Gasteiger partial charge in [-0.05, 0) is 19.1 Å². The number of hydrogen-bond donors (Lipinski definition) is 1. The Kier molecular flexibility index (Phi) is 1.73. The van der Waals surface area contributed by atoms with Gasteiger partial charge in [0.15, 0.2) is 0 Å². The lowest BCUT2D eigenvalue weighted by molar-refractivity contribution is 0.879. The molecule has 0 atom stereocenters. The van der Waals surface area contributed by atoms with Crippen LogP contribution in [0.2, 0.25) is 0 Å². The Labute approximate surface area is 55.8 Å². The molecule has 0 radical (unpaired) electrons. The van der Waals surface area contributed by atoms with E-state index in [1.165, 1.54) is 5.57 Å². The van der Waals surface area contributed by atoms with Gasteiger partial charge >= 0.3 is 0 Å². The van der Waals surface area contributed by atoms with Crippen molar-refractivity contribution in [2.45, 2.75) is 6.92 Å². The molecule has 1 nitrogen and oxygen atoms in total. The fraction of sp³-hybridized carbons (Fsp3) is 0.250. The number of dihydropyridines is 1. The zero-order chi connectivity index (χ0) is 6.69. The van der Waals surface area contributed by atoms with E-state index in [0.717, 1.165) is 12.2 Å². The summed E-state index contributed by atoms with van der Waals surface area (Å²) in [6.45, 7) is 6.71. The van der Waals surface area contributed by atoms with Crippen LogP contribution in [0.15, 0.2) is 36.1 Å². The average Bonchev–Trinajstić information content (AvgIpc) is 1.90. The summed E-state index contributed by atoms with van der Waals surface area (Å²) in [6.07, 6.45) is 5.96. The molecule has 0 aromatic heterocycles. The SMILES string of the molecule is C=CC1=CC=C(C)CN1. The van der Waals surface area contributed by atoms with Crippen LogP contribution in [0.5, 0.6) is 0 Å². The maximum absolute atomic E-state index is 3.65. The van der Waals surface area contributed by atoms with Crippen molar-refractivity contribution in [3.63, 3.8) is 0 Å². The lowest BCUT2D eigenvalue weighted by Gasteiger charge is -2.10. The molecular formula is C8H11N. The van der Waals surface area contributed by atoms with Crippen LogP contribution >= 0.6 is 0 Å². The van der Waals surface area contributed by atoms with Gasteiger partial charge in [0, 0.05) is 12.2 Å². The number of rotatable bonds is 1. The first kappa shape index (κ1) is 6.14. The van der Waals surface area contributed by atoms with Gasteiger partial charge in [0.25, 0.3) is 0 Å². The normalized spacial score (nSPS) is 17.4. The van der Waals surface area contributed by atoms with Crippen LogP contribution in [0, 0.1) is 0 Å². The van der Waals surface area contributed by atoms with Crippen molar-refractivity contribution in [1.82, 2.24) is 5.32 Å². The maximum Gasteiger partial charge on any atom is 0.0360 e. The molecule has 1 aliphatic rings. The van der Waals surface area contributed by atoms with Crippen LogP contribution in [0.4, 0.5) is 0 Å². The molecule has 9 heavy (non-hydrogen) atoms. The van der Waals surface area contributed by atoms with E-state index in [2.05, 4.69) is 24.9 Å². The molecule has 0 spiro atoms. The standard InChI is InChI=1S/C8H11N/c1-3-8-5-4-7(2)6-9-8/h3-5,9H,1,6H2,2H3. The second-order valence-electron chi connectivity index (χ2n) is 2.19. The van der Waals surface area contributed by atoms with Crippen molar-refractivity contribution in [3.8, 4) is 0 Å². The van der Waals surface area contributed by atoms with Gasteiger partial charge in [-0.25, -0.2) is 0 Å². The first-order valence-electron chi connectivity index (χ1n) is 3.06. The summed E-state index contributed by atoms with van der Waals surface area (Å²) in [7, 11) is 0. The minimum absolute atomic E-state index is 0.956. The quantitative estimate of drug-likeness (QED) is 0.555. The second kappa shape index (κ2) is 2.53. The molecule has 0 amide bonds. The molecule has 0 saturated heterocycles. The Bertz CT molecular complexity index is 175. The highest BCUT2D eigenvalue weighted by molar-refractivity contribution is 5.28. The summed E-state index contributed by atoms with van der Waals surface area (Å²) in [4.78, 5) is 0. The van der Waals surface area contributed by atoms with E-state index < -0.39 is 0 Å². The van der Waals surface area contributed by atoms with E-state index in [1.807, 2.05) is 12.2 Å². The van der Waals surface area contributed by atoms with Crippen molar-refractivity contribution in [2.24, 2.45) is 0 Å². The Morgan fingerprint density at radius 1 is 1.67 bits per heavy atom. The van der Waals surface area contributed by atoms with E-state index in [1.54, 1.807) is 0 Å². The highest BCUT2D eigenvalue weighted by Gasteiger charge is 1.95. The van der Waals surface area contributed by atoms with Crippen LogP contribution in [0.1, 0.15) is 6.92 Å². The van der Waals surface area contributed by atoms with E-state index in [0.29, 0.717) is 0 Å². The molecule has 0 aromatic rings. The van der Waals surface area contributed by atoms with Gasteiger partial charge in [-0.2, -0.15) is 0 Å². The third kappa shape index (κ3) is 1.46. The molecule has 0 saturated carbocycles. The Morgan fingerprint density at radius 3 is 2.89 bits per heavy atom. The third-order valence-corrected chi connectivity index (χ3v) is 1.34. The van der Waals surface area contributed by atoms with Crippen molar-refractivity contribution < 1.29 is 0 Å². The zero-order valence-corrected chi connectivity index (χ0v) is 5.65. The Hall–Kier alpha value is -0.980. The van der Waals surface area contributed by atoms with Crippen molar-refractivity contribution >= 4 is 0 Å². The minimum Gasteiger partial charge on any atom is -0.381 e. The van der Waals surface area contributed by atoms with Crippen LogP contribution < -0.4 is 5.32 Å². The molecular weight excluding hydrogens is 110 g/mol. The third-order valence-electron chi connectivity index (χ3n) is 1.34. The van der Waals surface area contributed by atoms with Crippen LogP contribution in [-0.2, 0) is 0 Å². The molecule has 1 heteroatoms. The lowest BCUT2D eigenvalue weighted by atomic mass is 10.2. The maximum atomic E-state index is 3.65. The number of allylic oxidation sites excluding steroid dienone is 3. The molecule has 0 aliphatic carbocycles. The Balaban J connectivity index is 2.69. The van der Waals surface area contributed by atoms with Crippen molar-refractivity contribution in [1.29, 1.82) is 0 Å². The molecule has 0 aromatic carbocycles. The van der Waals surface area contributed by atoms with E-state index in [4.69, 9.17) is 0 Å². The van der Waals surface area contributed by atoms with Gasteiger partial charge in [-0.15, -0.1) is 0 Å². The van der Waals surface area contributed by atoms with Crippen LogP contribution in [0.3, 0.4) is 0 Å². The molecule has 1 N–H and O–H groups in total. The predicted octanol–water partition coefficient (Wildman–Crippen LogP) is 1.61. The van der Waals surface area contributed by atoms with Crippen LogP contribution in [-0.4, -0.2) is 6.54 Å². The van der Waals surface area contributed by atoms with E-state index in [9.17, 15) is 0 Å². The zero-order valence-electron chi connectivity index (χ0n) is 5.65. The van der Waals surface area contributed by atoms with Crippen LogP contribution in [0.25, 0.3) is 0 Å². The predicted molar refractivity (Wildman–Crippen MR) is 40.0 cm³/mol. The molecule has 0 bridgehead atoms. The van der Waals surface area contributed by atoms with Crippen molar-refractivity contribution in [2.75, 3.05) is 6.54 Å². The minimum atomic E-state index is 0.956. The van der Waals surface area contributed by atoms with Gasteiger partial charge in [0.2, 0.25) is 0 Å². The monoisotopic (exact) mass is 121 g/mol. The summed E-state index contributed by atoms with van der Waals surface area (Å²) in [6, 6.07) is 0. The lowest BCUT2D eigenvalue weighted by Crippen LogP contribution is -2.16. The van der Waals surface area contributed by atoms with Gasteiger partial charge in [0.1, 0.15) is 0 Å². The molecule has 1 rings (SSSR count). The van der Waals surface area contributed by atoms with Gasteiger partial charge in [0.05, 0.1) is 0 Å². The molecule has 1 aliphatic heterocycles. The summed E-state index contributed by atoms with van der Waals surface area (Å²) >= 11 is 0. The fourth-order valence-electron chi connectivity index (χ4n) is 0.732. The summed E-state index contributed by atoms with van der Waals surface area (Å²) in [5, 5.41) is 3.19. The summed E-state index contributed by atoms with van der Waals surface area (Å²) < 4.78 is 0. The smallest absolute Gasteiger partial charge is 0.0360 e. The average molecular weight is 121 g/mol. The number of nitrogens with one attached hydrogen (secondary N) is 1. The highest BCUT2D eigenvalue weighted by Crippen LogP contribution is 2.02. The first-order valence-corrected chi connectivity index (χ1v) is 3.06. The topological polar surface area (TPSA) is 12.0 Å². The van der Waals surface area contributed by atoms with Crippen molar-refractivity contribution in [3.05, 3.63) is 36.1 Å². The fourth-order valence-corrected chi connectivity index (χ4v) is 0.732. The molecule has 1 heterocycles. The summed E-state index contributed by atoms with van der Waals surface area (Å²) in [5.41, 5.74) is 2.47. The van der Waals surface area contributed by atoms with Gasteiger partial charge < -0.3 is 5.32 Å². The van der Waals surface area contributed by atoms with E-state index >= 15 is 0 Å². The highest BCUT2D eigenvalue weighted by atomic mass is 14.9. The second-order valence-corrected chi connectivity index (χ2v) is 2.19. The van der Waals surface area contributed by atoms with Gasteiger partial charge in [-0.3, -0.25) is 0 Å². The van der Waals surface area contributed by atoms with E-state index in [-0.39, 0.29) is 0 Å². The Morgan fingerprint density at radius 2 is 2.44 bits per heavy atom.